The van der Waals surface area contributed by atoms with Crippen LogP contribution in [0.2, 0.25) is 0 Å². The van der Waals surface area contributed by atoms with Gasteiger partial charge in [0.2, 0.25) is 10.8 Å². The lowest BCUT2D eigenvalue weighted by Crippen LogP contribution is -2.37. The van der Waals surface area contributed by atoms with Gasteiger partial charge in [-0.2, -0.15) is 4.52 Å². The number of piperidine rings is 1. The lowest BCUT2D eigenvalue weighted by molar-refractivity contribution is 0.136. The summed E-state index contributed by atoms with van der Waals surface area (Å²) in [6, 6.07) is 3.80. The Kier molecular flexibility index (Phi) is 4.05. The summed E-state index contributed by atoms with van der Waals surface area (Å²) in [7, 11) is 0. The number of hydrogen-bond acceptors (Lipinski definition) is 6. The minimum absolute atomic E-state index is 0.0821. The zero-order valence-corrected chi connectivity index (χ0v) is 14.8. The molecule has 0 bridgehead atoms. The molecule has 0 spiro atoms. The van der Waals surface area contributed by atoms with Crippen molar-refractivity contribution < 1.29 is 9.52 Å². The van der Waals surface area contributed by atoms with E-state index in [-0.39, 0.29) is 11.9 Å². The van der Waals surface area contributed by atoms with Gasteiger partial charge in [-0.25, -0.2) is 4.98 Å². The number of likely N-dealkylation sites (tertiary alicyclic amines) is 1. The Labute approximate surface area is 144 Å². The maximum Gasteiger partial charge on any atom is 0.230 e. The third kappa shape index (κ3) is 2.61. The fourth-order valence-corrected chi connectivity index (χ4v) is 4.62. The number of hydrogen-bond donors (Lipinski definition) is 1. The number of fused-ring (bicyclic) bond motifs is 1. The van der Waals surface area contributed by atoms with Crippen molar-refractivity contribution in [3.8, 4) is 5.88 Å². The number of thiazole rings is 1. The van der Waals surface area contributed by atoms with Crippen LogP contribution in [0.5, 0.6) is 5.88 Å². The number of furan rings is 1. The van der Waals surface area contributed by atoms with E-state index in [0.717, 1.165) is 40.9 Å². The molecular formula is C17H22N4O2S. The lowest BCUT2D eigenvalue weighted by atomic mass is 9.97. The summed E-state index contributed by atoms with van der Waals surface area (Å²) in [6.45, 7) is 6.29. The zero-order valence-electron chi connectivity index (χ0n) is 14.0. The van der Waals surface area contributed by atoms with Crippen molar-refractivity contribution in [2.45, 2.75) is 39.2 Å². The van der Waals surface area contributed by atoms with E-state index >= 15 is 0 Å². The standard InChI is InChI=1S/C17H22N4O2S/c1-3-13-18-17-21(19-13)16(22)15(24-17)14(12-7-5-9-23-12)20-8-4-6-11(2)10-20/h5,7,9,11,14,22H,3-4,6,8,10H2,1-2H3/t11-,14+/m1/s1. The average Bonchev–Trinajstić information content (AvgIpc) is 3.28. The SMILES string of the molecule is CCc1nc2sc([C@H](c3ccco3)N3CCC[C@@H](C)C3)c(O)n2n1. The fraction of sp³-hybridized carbons (Fsp3) is 0.529. The van der Waals surface area contributed by atoms with Crippen molar-refractivity contribution in [1.82, 2.24) is 19.5 Å². The number of rotatable bonds is 4. The molecule has 3 aromatic rings. The topological polar surface area (TPSA) is 66.8 Å². The predicted molar refractivity (Wildman–Crippen MR) is 92.4 cm³/mol. The van der Waals surface area contributed by atoms with Crippen LogP contribution < -0.4 is 0 Å². The molecule has 0 radical (unpaired) electrons. The maximum absolute atomic E-state index is 10.8. The van der Waals surface area contributed by atoms with Crippen molar-refractivity contribution >= 4 is 16.3 Å². The smallest absolute Gasteiger partial charge is 0.230 e. The molecule has 1 aliphatic heterocycles. The summed E-state index contributed by atoms with van der Waals surface area (Å²) >= 11 is 1.50. The van der Waals surface area contributed by atoms with E-state index in [9.17, 15) is 5.11 Å². The van der Waals surface area contributed by atoms with E-state index in [1.54, 1.807) is 10.8 Å². The normalized spacial score (nSPS) is 20.7. The average molecular weight is 346 g/mol. The zero-order chi connectivity index (χ0) is 16.7. The van der Waals surface area contributed by atoms with Crippen LogP contribution in [0.3, 0.4) is 0 Å². The molecule has 1 saturated heterocycles. The highest BCUT2D eigenvalue weighted by Gasteiger charge is 2.33. The van der Waals surface area contributed by atoms with Crippen LogP contribution in [0.15, 0.2) is 22.8 Å². The first-order valence-electron chi connectivity index (χ1n) is 8.52. The number of aryl methyl sites for hydroxylation is 1. The van der Waals surface area contributed by atoms with Crippen LogP contribution in [0.4, 0.5) is 0 Å². The van der Waals surface area contributed by atoms with E-state index in [0.29, 0.717) is 5.92 Å². The molecule has 0 aliphatic carbocycles. The van der Waals surface area contributed by atoms with Gasteiger partial charge >= 0.3 is 0 Å². The van der Waals surface area contributed by atoms with E-state index < -0.39 is 0 Å². The molecule has 4 heterocycles. The monoisotopic (exact) mass is 346 g/mol. The molecule has 7 heteroatoms. The van der Waals surface area contributed by atoms with Crippen molar-refractivity contribution in [1.29, 1.82) is 0 Å². The Morgan fingerprint density at radius 2 is 2.38 bits per heavy atom. The highest BCUT2D eigenvalue weighted by Crippen LogP contribution is 2.41. The summed E-state index contributed by atoms with van der Waals surface area (Å²) in [5, 5.41) is 15.2. The van der Waals surface area contributed by atoms with Gasteiger partial charge in [-0.05, 0) is 37.4 Å². The van der Waals surface area contributed by atoms with Crippen LogP contribution in [0.1, 0.15) is 49.2 Å². The molecular weight excluding hydrogens is 324 g/mol. The quantitative estimate of drug-likeness (QED) is 0.783. The highest BCUT2D eigenvalue weighted by atomic mass is 32.1. The van der Waals surface area contributed by atoms with Crippen LogP contribution in [-0.4, -0.2) is 37.7 Å². The summed E-state index contributed by atoms with van der Waals surface area (Å²) in [4.78, 5) is 8.49. The van der Waals surface area contributed by atoms with Gasteiger partial charge in [-0.3, -0.25) is 4.90 Å². The van der Waals surface area contributed by atoms with Crippen LogP contribution in [0.25, 0.3) is 4.96 Å². The Hall–Kier alpha value is -1.86. The van der Waals surface area contributed by atoms with E-state index in [4.69, 9.17) is 4.42 Å². The van der Waals surface area contributed by atoms with E-state index in [2.05, 4.69) is 21.9 Å². The Morgan fingerprint density at radius 1 is 1.50 bits per heavy atom. The van der Waals surface area contributed by atoms with Crippen molar-refractivity contribution in [3.05, 3.63) is 34.9 Å². The molecule has 0 unspecified atom stereocenters. The first-order chi connectivity index (χ1) is 11.7. The molecule has 0 aromatic carbocycles. The van der Waals surface area contributed by atoms with Crippen LogP contribution >= 0.6 is 11.3 Å². The van der Waals surface area contributed by atoms with Gasteiger partial charge in [0.25, 0.3) is 0 Å². The van der Waals surface area contributed by atoms with E-state index in [1.165, 1.54) is 24.2 Å². The van der Waals surface area contributed by atoms with Gasteiger partial charge in [0.15, 0.2) is 5.82 Å². The molecule has 1 fully saturated rings. The second-order valence-electron chi connectivity index (χ2n) is 6.53. The third-order valence-corrected chi connectivity index (χ3v) is 5.75. The molecule has 0 amide bonds. The molecule has 1 N–H and O–H groups in total. The second-order valence-corrected chi connectivity index (χ2v) is 7.54. The molecule has 1 aliphatic rings. The fourth-order valence-electron chi connectivity index (χ4n) is 3.50. The lowest BCUT2D eigenvalue weighted by Gasteiger charge is -2.35. The third-order valence-electron chi connectivity index (χ3n) is 4.67. The Balaban J connectivity index is 1.78. The Bertz CT molecular complexity index is 823. The van der Waals surface area contributed by atoms with Gasteiger partial charge in [0, 0.05) is 13.0 Å². The molecule has 3 aromatic heterocycles. The van der Waals surface area contributed by atoms with Gasteiger partial charge in [-0.1, -0.05) is 25.2 Å². The summed E-state index contributed by atoms with van der Waals surface area (Å²) in [5.41, 5.74) is 0. The van der Waals surface area contributed by atoms with Gasteiger partial charge in [-0.15, -0.1) is 5.10 Å². The predicted octanol–water partition coefficient (Wildman–Crippen LogP) is 3.47. The largest absolute Gasteiger partial charge is 0.492 e. The Morgan fingerprint density at radius 3 is 3.04 bits per heavy atom. The number of nitrogens with zero attached hydrogens (tertiary/aromatic N) is 4. The molecule has 4 rings (SSSR count). The first-order valence-corrected chi connectivity index (χ1v) is 9.33. The first kappa shape index (κ1) is 15.7. The van der Waals surface area contributed by atoms with E-state index in [1.807, 2.05) is 19.1 Å². The molecule has 2 atom stereocenters. The summed E-state index contributed by atoms with van der Waals surface area (Å²) in [5.74, 6) is 2.44. The highest BCUT2D eigenvalue weighted by molar-refractivity contribution is 7.17. The molecule has 24 heavy (non-hydrogen) atoms. The second kappa shape index (κ2) is 6.22. The molecule has 128 valence electrons. The molecule has 6 nitrogen and oxygen atoms in total. The molecule has 0 saturated carbocycles. The summed E-state index contributed by atoms with van der Waals surface area (Å²) in [6.07, 6.45) is 4.87. The van der Waals surface area contributed by atoms with Gasteiger partial charge in [0.1, 0.15) is 11.8 Å². The minimum Gasteiger partial charge on any atom is -0.492 e. The minimum atomic E-state index is -0.0821. The maximum atomic E-state index is 10.8. The van der Waals surface area contributed by atoms with Crippen LogP contribution in [-0.2, 0) is 6.42 Å². The van der Waals surface area contributed by atoms with Crippen molar-refractivity contribution in [2.75, 3.05) is 13.1 Å². The summed E-state index contributed by atoms with van der Waals surface area (Å²) < 4.78 is 7.27. The van der Waals surface area contributed by atoms with Crippen molar-refractivity contribution in [3.63, 3.8) is 0 Å². The van der Waals surface area contributed by atoms with Gasteiger partial charge < -0.3 is 9.52 Å². The van der Waals surface area contributed by atoms with Crippen LogP contribution in [0, 0.1) is 5.92 Å². The van der Waals surface area contributed by atoms with Gasteiger partial charge in [0.05, 0.1) is 11.1 Å². The number of aromatic hydroxyl groups is 1. The van der Waals surface area contributed by atoms with Crippen molar-refractivity contribution in [2.24, 2.45) is 5.92 Å². The number of aromatic nitrogens is 3.